The lowest BCUT2D eigenvalue weighted by atomic mass is 9.86. The van der Waals surface area contributed by atoms with Crippen molar-refractivity contribution in [2.24, 2.45) is 0 Å². The van der Waals surface area contributed by atoms with Crippen LogP contribution in [-0.4, -0.2) is 20.6 Å². The third-order valence-electron chi connectivity index (χ3n) is 6.59. The lowest BCUT2D eigenvalue weighted by Gasteiger charge is -2.29. The molecule has 6 rings (SSSR count). The van der Waals surface area contributed by atoms with Crippen molar-refractivity contribution in [2.45, 2.75) is 44.9 Å². The van der Waals surface area contributed by atoms with Gasteiger partial charge in [0, 0.05) is 22.2 Å². The van der Waals surface area contributed by atoms with Gasteiger partial charge in [0.05, 0.1) is 29.0 Å². The molecule has 146 valence electrons. The fraction of sp³-hybridized carbons (Fsp3) is 0.318. The van der Waals surface area contributed by atoms with Crippen LogP contribution in [0, 0.1) is 0 Å². The number of nitrogens with two attached hydrogens (primary N) is 1. The van der Waals surface area contributed by atoms with E-state index in [-0.39, 0.29) is 12.2 Å². The number of esters is 1. The van der Waals surface area contributed by atoms with Crippen LogP contribution in [0.3, 0.4) is 0 Å². The van der Waals surface area contributed by atoms with Gasteiger partial charge in [0.2, 0.25) is 0 Å². The van der Waals surface area contributed by atoms with Crippen molar-refractivity contribution in [3.8, 4) is 11.4 Å². The van der Waals surface area contributed by atoms with Crippen LogP contribution in [0.5, 0.6) is 0 Å². The summed E-state index contributed by atoms with van der Waals surface area (Å²) in [6, 6.07) is 5.55. The number of carbonyl (C=O) groups is 1. The molecule has 2 aliphatic heterocycles. The van der Waals surface area contributed by atoms with Gasteiger partial charge >= 0.3 is 5.97 Å². The lowest BCUT2D eigenvalue weighted by molar-refractivity contribution is -0.169. The van der Waals surface area contributed by atoms with E-state index >= 15 is 0 Å². The van der Waals surface area contributed by atoms with Gasteiger partial charge in [0.15, 0.2) is 5.60 Å². The molecule has 0 spiro atoms. The number of anilines is 1. The Morgan fingerprint density at radius 3 is 2.79 bits per heavy atom. The van der Waals surface area contributed by atoms with Gasteiger partial charge in [-0.1, -0.05) is 0 Å². The minimum atomic E-state index is -1.85. The molecule has 29 heavy (non-hydrogen) atoms. The number of hydrogen-bond donors (Lipinski definition) is 2. The number of ether oxygens (including phenoxy) is 1. The molecule has 0 bridgehead atoms. The van der Waals surface area contributed by atoms with Gasteiger partial charge in [-0.25, -0.2) is 9.78 Å². The van der Waals surface area contributed by atoms with Gasteiger partial charge in [-0.2, -0.15) is 0 Å². The summed E-state index contributed by atoms with van der Waals surface area (Å²) in [5.74, 6) is -0.741. The van der Waals surface area contributed by atoms with Crippen molar-refractivity contribution in [1.82, 2.24) is 9.55 Å². The predicted molar refractivity (Wildman–Crippen MR) is 106 cm³/mol. The molecule has 0 saturated heterocycles. The van der Waals surface area contributed by atoms with Crippen LogP contribution in [0.4, 0.5) is 5.69 Å². The first-order valence-corrected chi connectivity index (χ1v) is 9.78. The highest BCUT2D eigenvalue weighted by atomic mass is 16.6. The number of nitrogens with zero attached hydrogens (tertiary/aromatic N) is 2. The zero-order chi connectivity index (χ0) is 20.1. The SMILES string of the molecule is C[C@@]1(O)C(=O)OCc2c1cc1n(c2=O)Cc2c-1nc1ccc(N)c3c1c2CCC3. The molecule has 3 N–H and O–H groups in total. The monoisotopic (exact) mass is 389 g/mol. The third kappa shape index (κ3) is 1.98. The second kappa shape index (κ2) is 5.24. The highest BCUT2D eigenvalue weighted by Gasteiger charge is 2.43. The number of aryl methyl sites for hydroxylation is 2. The zero-order valence-electron chi connectivity index (χ0n) is 15.9. The number of carbonyl (C=O) groups excluding carboxylic acids is 1. The van der Waals surface area contributed by atoms with Crippen LogP contribution < -0.4 is 11.3 Å². The van der Waals surface area contributed by atoms with E-state index in [4.69, 9.17) is 15.5 Å². The smallest absolute Gasteiger partial charge is 0.342 e. The number of rotatable bonds is 0. The lowest BCUT2D eigenvalue weighted by Crippen LogP contribution is -2.42. The van der Waals surface area contributed by atoms with Gasteiger partial charge < -0.3 is 20.1 Å². The second-order valence-corrected chi connectivity index (χ2v) is 8.26. The van der Waals surface area contributed by atoms with Crippen molar-refractivity contribution in [1.29, 1.82) is 0 Å². The second-order valence-electron chi connectivity index (χ2n) is 8.26. The summed E-state index contributed by atoms with van der Waals surface area (Å²) in [5.41, 5.74) is 11.2. The van der Waals surface area contributed by atoms with Gasteiger partial charge in [-0.15, -0.1) is 0 Å². The molecular formula is C22H19N3O4. The minimum absolute atomic E-state index is 0.122. The highest BCUT2D eigenvalue weighted by molar-refractivity contribution is 5.94. The largest absolute Gasteiger partial charge is 0.458 e. The first-order valence-electron chi connectivity index (χ1n) is 9.78. The highest BCUT2D eigenvalue weighted by Crippen LogP contribution is 2.42. The van der Waals surface area contributed by atoms with E-state index in [2.05, 4.69) is 0 Å². The number of nitrogen functional groups attached to an aromatic ring is 1. The summed E-state index contributed by atoms with van der Waals surface area (Å²) in [5, 5.41) is 11.8. The van der Waals surface area contributed by atoms with Gasteiger partial charge in [-0.05, 0) is 55.5 Å². The molecule has 1 atom stereocenters. The molecule has 7 nitrogen and oxygen atoms in total. The molecule has 2 aromatic heterocycles. The summed E-state index contributed by atoms with van der Waals surface area (Å²) in [6.45, 7) is 1.68. The molecule has 0 unspecified atom stereocenters. The molecule has 1 aromatic carbocycles. The standard InChI is InChI=1S/C22H19N3O4/c1-22(28)14-7-17-19-12(8-25(17)20(26)13(14)9-29-21(22)27)10-3-2-4-11-15(23)5-6-16(24-19)18(10)11/h5-7,28H,2-4,8-9,23H2,1H3/t22-/m0/s1. The van der Waals surface area contributed by atoms with Crippen LogP contribution in [-0.2, 0) is 41.1 Å². The van der Waals surface area contributed by atoms with E-state index in [0.717, 1.165) is 52.7 Å². The molecular weight excluding hydrogens is 370 g/mol. The fourth-order valence-corrected chi connectivity index (χ4v) is 5.10. The molecule has 0 fully saturated rings. The Balaban J connectivity index is 1.69. The van der Waals surface area contributed by atoms with Crippen LogP contribution >= 0.6 is 0 Å². The Morgan fingerprint density at radius 1 is 1.17 bits per heavy atom. The maximum atomic E-state index is 13.2. The van der Waals surface area contributed by atoms with Crippen LogP contribution in [0.25, 0.3) is 22.3 Å². The number of aliphatic hydroxyl groups is 1. The van der Waals surface area contributed by atoms with E-state index < -0.39 is 11.6 Å². The van der Waals surface area contributed by atoms with E-state index in [1.807, 2.05) is 12.1 Å². The Hall–Kier alpha value is -3.19. The molecule has 3 aliphatic rings. The third-order valence-corrected chi connectivity index (χ3v) is 6.59. The van der Waals surface area contributed by atoms with Crippen molar-refractivity contribution in [2.75, 3.05) is 5.73 Å². The summed E-state index contributed by atoms with van der Waals surface area (Å²) in [6.07, 6.45) is 2.85. The number of cyclic esters (lactones) is 1. The predicted octanol–water partition coefficient (Wildman–Crippen LogP) is 1.76. The maximum absolute atomic E-state index is 13.2. The minimum Gasteiger partial charge on any atom is -0.458 e. The van der Waals surface area contributed by atoms with E-state index in [9.17, 15) is 14.7 Å². The summed E-state index contributed by atoms with van der Waals surface area (Å²) in [7, 11) is 0. The topological polar surface area (TPSA) is 107 Å². The molecule has 0 radical (unpaired) electrons. The molecule has 0 saturated carbocycles. The van der Waals surface area contributed by atoms with Crippen molar-refractivity contribution in [3.63, 3.8) is 0 Å². The van der Waals surface area contributed by atoms with Crippen LogP contribution in [0.15, 0.2) is 23.0 Å². The van der Waals surface area contributed by atoms with E-state index in [1.54, 1.807) is 10.6 Å². The van der Waals surface area contributed by atoms with Crippen molar-refractivity contribution >= 4 is 22.6 Å². The quantitative estimate of drug-likeness (QED) is 0.351. The number of hydrogen-bond acceptors (Lipinski definition) is 6. The Kier molecular flexibility index (Phi) is 3.02. The summed E-state index contributed by atoms with van der Waals surface area (Å²) in [4.78, 5) is 30.2. The molecule has 0 amide bonds. The van der Waals surface area contributed by atoms with Crippen molar-refractivity contribution in [3.05, 3.63) is 56.4 Å². The van der Waals surface area contributed by atoms with Crippen LogP contribution in [0.1, 0.15) is 41.2 Å². The summed E-state index contributed by atoms with van der Waals surface area (Å²) < 4.78 is 6.73. The number of pyridine rings is 2. The number of aromatic nitrogens is 2. The molecule has 7 heteroatoms. The van der Waals surface area contributed by atoms with Gasteiger partial charge in [-0.3, -0.25) is 4.79 Å². The molecule has 3 aromatic rings. The number of benzene rings is 1. The average molecular weight is 389 g/mol. The Morgan fingerprint density at radius 2 is 1.97 bits per heavy atom. The van der Waals surface area contributed by atoms with Crippen LogP contribution in [0.2, 0.25) is 0 Å². The summed E-state index contributed by atoms with van der Waals surface area (Å²) >= 11 is 0. The van der Waals surface area contributed by atoms with E-state index in [1.165, 1.54) is 12.5 Å². The fourth-order valence-electron chi connectivity index (χ4n) is 5.10. The Bertz CT molecular complexity index is 1340. The first kappa shape index (κ1) is 16.7. The van der Waals surface area contributed by atoms with Gasteiger partial charge in [0.25, 0.3) is 5.56 Å². The maximum Gasteiger partial charge on any atom is 0.342 e. The molecule has 1 aliphatic carbocycles. The number of fused-ring (bicyclic) bond motifs is 5. The zero-order valence-corrected chi connectivity index (χ0v) is 15.9. The first-order chi connectivity index (χ1) is 13.9. The van der Waals surface area contributed by atoms with Gasteiger partial charge in [0.1, 0.15) is 6.61 Å². The Labute approximate surface area is 165 Å². The normalized spacial score (nSPS) is 21.5. The van der Waals surface area contributed by atoms with Crippen molar-refractivity contribution < 1.29 is 14.6 Å². The molecule has 4 heterocycles. The average Bonchev–Trinajstić information content (AvgIpc) is 3.08. The van der Waals surface area contributed by atoms with E-state index in [0.29, 0.717) is 23.4 Å².